The lowest BCUT2D eigenvalue weighted by molar-refractivity contribution is -0.138. The first-order chi connectivity index (χ1) is 12.4. The number of hydrogen-bond acceptors (Lipinski definition) is 4. The van der Waals surface area contributed by atoms with Crippen LogP contribution in [0.3, 0.4) is 0 Å². The third-order valence-corrected chi connectivity index (χ3v) is 3.44. The molecule has 1 aromatic heterocycles. The number of nitrogens with one attached hydrogen (secondary N) is 1. The van der Waals surface area contributed by atoms with E-state index in [1.165, 1.54) is 31.4 Å². The Bertz CT molecular complexity index is 825. The van der Waals surface area contributed by atoms with Crippen LogP contribution >= 0.6 is 0 Å². The zero-order valence-corrected chi connectivity index (χ0v) is 14.7. The third-order valence-electron chi connectivity index (χ3n) is 3.44. The van der Waals surface area contributed by atoms with E-state index in [0.29, 0.717) is 22.8 Å². The number of halogens is 2. The molecule has 0 aliphatic carbocycles. The summed E-state index contributed by atoms with van der Waals surface area (Å²) in [5.74, 6) is -0.994. The fourth-order valence-corrected chi connectivity index (χ4v) is 2.11. The molecule has 0 unspecified atom stereocenters. The SMILES string of the molecule is COC(=O)CN=C(NC(=C(C)C)c1ccc(F)cn1)c1ccc(F)cc1. The van der Waals surface area contributed by atoms with Gasteiger partial charge < -0.3 is 10.1 Å². The second-order valence-electron chi connectivity index (χ2n) is 5.61. The summed E-state index contributed by atoms with van der Waals surface area (Å²) in [6.45, 7) is 3.51. The Hall–Kier alpha value is -3.09. The van der Waals surface area contributed by atoms with Gasteiger partial charge in [-0.3, -0.25) is 14.8 Å². The number of nitrogens with zero attached hydrogens (tertiary/aromatic N) is 2. The minimum atomic E-state index is -0.509. The molecule has 0 saturated heterocycles. The average molecular weight is 359 g/mol. The van der Waals surface area contributed by atoms with Crippen LogP contribution in [0.25, 0.3) is 5.70 Å². The van der Waals surface area contributed by atoms with E-state index in [0.717, 1.165) is 11.8 Å². The second kappa shape index (κ2) is 8.84. The lowest BCUT2D eigenvalue weighted by Crippen LogP contribution is -2.26. The molecule has 1 heterocycles. The van der Waals surface area contributed by atoms with Gasteiger partial charge in [0.15, 0.2) is 0 Å². The summed E-state index contributed by atoms with van der Waals surface area (Å²) in [4.78, 5) is 19.7. The van der Waals surface area contributed by atoms with Crippen molar-refractivity contribution in [2.45, 2.75) is 13.8 Å². The average Bonchev–Trinajstić information content (AvgIpc) is 2.63. The molecule has 0 radical (unpaired) electrons. The number of amidine groups is 1. The molecule has 0 bridgehead atoms. The van der Waals surface area contributed by atoms with E-state index in [2.05, 4.69) is 20.0 Å². The molecule has 0 aliphatic rings. The highest BCUT2D eigenvalue weighted by Gasteiger charge is 2.12. The number of methoxy groups -OCH3 is 1. The predicted octanol–water partition coefficient (Wildman–Crippen LogP) is 3.32. The van der Waals surface area contributed by atoms with Gasteiger partial charge in [0, 0.05) is 5.56 Å². The summed E-state index contributed by atoms with van der Waals surface area (Å²) in [5.41, 5.74) is 2.57. The molecule has 136 valence electrons. The monoisotopic (exact) mass is 359 g/mol. The van der Waals surface area contributed by atoms with Crippen molar-refractivity contribution >= 4 is 17.5 Å². The number of carbonyl (C=O) groups excluding carboxylic acids is 1. The number of rotatable bonds is 5. The van der Waals surface area contributed by atoms with Gasteiger partial charge in [0.1, 0.15) is 24.0 Å². The quantitative estimate of drug-likeness (QED) is 0.505. The highest BCUT2D eigenvalue weighted by molar-refractivity contribution is 6.04. The Kier molecular flexibility index (Phi) is 6.54. The lowest BCUT2D eigenvalue weighted by Gasteiger charge is -2.15. The zero-order chi connectivity index (χ0) is 19.1. The maximum Gasteiger partial charge on any atom is 0.327 e. The molecule has 0 saturated carbocycles. The van der Waals surface area contributed by atoms with Gasteiger partial charge in [-0.1, -0.05) is 5.57 Å². The van der Waals surface area contributed by atoms with Gasteiger partial charge in [0.25, 0.3) is 0 Å². The first-order valence-electron chi connectivity index (χ1n) is 7.84. The summed E-state index contributed by atoms with van der Waals surface area (Å²) < 4.78 is 31.0. The molecule has 7 heteroatoms. The first kappa shape index (κ1) is 19.2. The Balaban J connectivity index is 2.40. The lowest BCUT2D eigenvalue weighted by atomic mass is 10.1. The van der Waals surface area contributed by atoms with Crippen molar-refractivity contribution in [3.8, 4) is 0 Å². The molecule has 0 aliphatic heterocycles. The predicted molar refractivity (Wildman–Crippen MR) is 95.4 cm³/mol. The van der Waals surface area contributed by atoms with Crippen molar-refractivity contribution in [1.82, 2.24) is 10.3 Å². The smallest absolute Gasteiger partial charge is 0.327 e. The molecule has 5 nitrogen and oxygen atoms in total. The molecule has 1 aromatic carbocycles. The summed E-state index contributed by atoms with van der Waals surface area (Å²) in [5, 5.41) is 3.12. The summed E-state index contributed by atoms with van der Waals surface area (Å²) in [7, 11) is 1.27. The van der Waals surface area contributed by atoms with Crippen LogP contribution in [0.1, 0.15) is 25.1 Å². The van der Waals surface area contributed by atoms with E-state index in [1.54, 1.807) is 12.1 Å². The van der Waals surface area contributed by atoms with Crippen molar-refractivity contribution < 1.29 is 18.3 Å². The van der Waals surface area contributed by atoms with E-state index in [9.17, 15) is 13.6 Å². The minimum absolute atomic E-state index is 0.205. The van der Waals surface area contributed by atoms with Crippen LogP contribution in [0.15, 0.2) is 53.2 Å². The van der Waals surface area contributed by atoms with Crippen molar-refractivity contribution in [1.29, 1.82) is 0 Å². The number of hydrogen-bond donors (Lipinski definition) is 1. The van der Waals surface area contributed by atoms with Crippen LogP contribution in [0, 0.1) is 11.6 Å². The van der Waals surface area contributed by atoms with Crippen molar-refractivity contribution in [3.63, 3.8) is 0 Å². The number of aromatic nitrogens is 1. The Morgan fingerprint density at radius 1 is 1.12 bits per heavy atom. The number of aliphatic imine (C=N–C) groups is 1. The third kappa shape index (κ3) is 5.20. The number of carbonyl (C=O) groups is 1. The van der Waals surface area contributed by atoms with Gasteiger partial charge in [-0.05, 0) is 50.2 Å². The summed E-state index contributed by atoms with van der Waals surface area (Å²) >= 11 is 0. The van der Waals surface area contributed by atoms with Crippen LogP contribution in [-0.4, -0.2) is 30.4 Å². The van der Waals surface area contributed by atoms with Crippen LogP contribution in [0.2, 0.25) is 0 Å². The molecule has 0 atom stereocenters. The van der Waals surface area contributed by atoms with Gasteiger partial charge in [-0.25, -0.2) is 8.78 Å². The van der Waals surface area contributed by atoms with E-state index in [-0.39, 0.29) is 12.4 Å². The molecular formula is C19H19F2N3O2. The van der Waals surface area contributed by atoms with Gasteiger partial charge in [0.2, 0.25) is 0 Å². The molecule has 0 spiro atoms. The van der Waals surface area contributed by atoms with E-state index >= 15 is 0 Å². The highest BCUT2D eigenvalue weighted by Crippen LogP contribution is 2.15. The van der Waals surface area contributed by atoms with Crippen molar-refractivity contribution in [2.24, 2.45) is 4.99 Å². The Morgan fingerprint density at radius 2 is 1.77 bits per heavy atom. The molecule has 0 fully saturated rings. The molecule has 2 aromatic rings. The van der Waals surface area contributed by atoms with Crippen LogP contribution < -0.4 is 5.32 Å². The molecule has 2 rings (SSSR count). The fourth-order valence-electron chi connectivity index (χ4n) is 2.11. The van der Waals surface area contributed by atoms with Crippen molar-refractivity contribution in [2.75, 3.05) is 13.7 Å². The topological polar surface area (TPSA) is 63.6 Å². The Morgan fingerprint density at radius 3 is 2.31 bits per heavy atom. The fraction of sp³-hybridized carbons (Fsp3) is 0.211. The maximum atomic E-state index is 13.2. The highest BCUT2D eigenvalue weighted by atomic mass is 19.1. The minimum Gasteiger partial charge on any atom is -0.468 e. The molecular weight excluding hydrogens is 340 g/mol. The van der Waals surface area contributed by atoms with Crippen molar-refractivity contribution in [3.05, 3.63) is 71.1 Å². The molecule has 26 heavy (non-hydrogen) atoms. The largest absolute Gasteiger partial charge is 0.468 e. The van der Waals surface area contributed by atoms with Gasteiger partial charge in [-0.15, -0.1) is 0 Å². The normalized spacial score (nSPS) is 11.0. The van der Waals surface area contributed by atoms with E-state index in [4.69, 9.17) is 0 Å². The molecule has 1 N–H and O–H groups in total. The van der Waals surface area contributed by atoms with Crippen LogP contribution in [-0.2, 0) is 9.53 Å². The van der Waals surface area contributed by atoms with Crippen LogP contribution in [0.5, 0.6) is 0 Å². The number of benzene rings is 1. The Labute approximate surface area is 150 Å². The zero-order valence-electron chi connectivity index (χ0n) is 14.7. The second-order valence-corrected chi connectivity index (χ2v) is 5.61. The summed E-state index contributed by atoms with van der Waals surface area (Å²) in [6.07, 6.45) is 1.11. The number of allylic oxidation sites excluding steroid dienone is 1. The van der Waals surface area contributed by atoms with Crippen LogP contribution in [0.4, 0.5) is 8.78 Å². The maximum absolute atomic E-state index is 13.2. The number of pyridine rings is 1. The van der Waals surface area contributed by atoms with Gasteiger partial charge in [0.05, 0.1) is 24.7 Å². The van der Waals surface area contributed by atoms with E-state index < -0.39 is 11.8 Å². The number of esters is 1. The molecule has 0 amide bonds. The standard InChI is InChI=1S/C19H19F2N3O2/c1-12(2)18(16-9-8-15(21)10-22-16)24-19(23-11-17(25)26-3)13-4-6-14(20)7-5-13/h4-10H,11H2,1-3H3,(H,23,24). The summed E-state index contributed by atoms with van der Waals surface area (Å²) in [6, 6.07) is 8.51. The van der Waals surface area contributed by atoms with E-state index in [1.807, 2.05) is 13.8 Å². The van der Waals surface area contributed by atoms with Gasteiger partial charge in [-0.2, -0.15) is 0 Å². The first-order valence-corrected chi connectivity index (χ1v) is 7.84. The number of ether oxygens (including phenoxy) is 1. The van der Waals surface area contributed by atoms with Gasteiger partial charge >= 0.3 is 5.97 Å².